The van der Waals surface area contributed by atoms with E-state index in [0.717, 1.165) is 23.1 Å². The van der Waals surface area contributed by atoms with E-state index in [2.05, 4.69) is 31.2 Å². The summed E-state index contributed by atoms with van der Waals surface area (Å²) in [5, 5.41) is 3.69. The Kier molecular flexibility index (Phi) is 4.22. The largest absolute Gasteiger partial charge is 0.362 e. The molecular weight excluding hydrogens is 304 g/mol. The Hall–Kier alpha value is -0.390. The fourth-order valence-corrected chi connectivity index (χ4v) is 2.72. The molecule has 0 atom stereocenters. The highest BCUT2D eigenvalue weighted by molar-refractivity contribution is 9.10. The van der Waals surface area contributed by atoms with Gasteiger partial charge in [-0.25, -0.2) is 4.98 Å². The van der Waals surface area contributed by atoms with Crippen molar-refractivity contribution in [1.82, 2.24) is 9.97 Å². The minimum Gasteiger partial charge on any atom is -0.362 e. The SMILES string of the molecule is NCC1(Nc2nc(Cl)ncc2Br)CCCCC1. The molecule has 0 amide bonds. The lowest BCUT2D eigenvalue weighted by atomic mass is 9.82. The lowest BCUT2D eigenvalue weighted by Gasteiger charge is -2.37. The summed E-state index contributed by atoms with van der Waals surface area (Å²) >= 11 is 9.23. The van der Waals surface area contributed by atoms with E-state index < -0.39 is 0 Å². The summed E-state index contributed by atoms with van der Waals surface area (Å²) in [4.78, 5) is 8.12. The van der Waals surface area contributed by atoms with E-state index in [1.807, 2.05) is 0 Å². The van der Waals surface area contributed by atoms with Gasteiger partial charge in [0.05, 0.1) is 10.0 Å². The highest BCUT2D eigenvalue weighted by atomic mass is 79.9. The molecule has 0 spiro atoms. The average Bonchev–Trinajstić information content (AvgIpc) is 2.35. The molecule has 0 unspecified atom stereocenters. The number of halogens is 2. The second kappa shape index (κ2) is 5.50. The second-order valence-electron chi connectivity index (χ2n) is 4.51. The van der Waals surface area contributed by atoms with Gasteiger partial charge in [0.25, 0.3) is 0 Å². The summed E-state index contributed by atoms with van der Waals surface area (Å²) in [6.45, 7) is 0.612. The molecule has 1 fully saturated rings. The molecule has 1 aliphatic rings. The van der Waals surface area contributed by atoms with Crippen LogP contribution in [-0.4, -0.2) is 22.1 Å². The maximum atomic E-state index is 5.92. The smallest absolute Gasteiger partial charge is 0.224 e. The number of nitrogens with zero attached hydrogens (tertiary/aromatic N) is 2. The fourth-order valence-electron chi connectivity index (χ4n) is 2.29. The maximum Gasteiger partial charge on any atom is 0.224 e. The zero-order valence-electron chi connectivity index (χ0n) is 9.55. The normalized spacial score (nSPS) is 19.0. The maximum absolute atomic E-state index is 5.92. The van der Waals surface area contributed by atoms with Crippen molar-refractivity contribution in [2.24, 2.45) is 5.73 Å². The molecule has 0 aliphatic heterocycles. The molecule has 1 aliphatic carbocycles. The zero-order chi connectivity index (χ0) is 12.3. The van der Waals surface area contributed by atoms with Gasteiger partial charge in [-0.05, 0) is 40.4 Å². The van der Waals surface area contributed by atoms with Crippen LogP contribution in [0.15, 0.2) is 10.7 Å². The number of aromatic nitrogens is 2. The van der Waals surface area contributed by atoms with E-state index in [4.69, 9.17) is 17.3 Å². The summed E-state index contributed by atoms with van der Waals surface area (Å²) in [6.07, 6.45) is 7.52. The Bertz CT molecular complexity index is 393. The molecule has 3 N–H and O–H groups in total. The van der Waals surface area contributed by atoms with Gasteiger partial charge in [-0.3, -0.25) is 0 Å². The molecule has 1 saturated carbocycles. The Morgan fingerprint density at radius 3 is 2.76 bits per heavy atom. The van der Waals surface area contributed by atoms with Crippen molar-refractivity contribution in [2.75, 3.05) is 11.9 Å². The first-order chi connectivity index (χ1) is 8.15. The van der Waals surface area contributed by atoms with Gasteiger partial charge < -0.3 is 11.1 Å². The van der Waals surface area contributed by atoms with Gasteiger partial charge in [0.1, 0.15) is 5.82 Å². The Morgan fingerprint density at radius 1 is 1.41 bits per heavy atom. The van der Waals surface area contributed by atoms with E-state index in [-0.39, 0.29) is 10.8 Å². The van der Waals surface area contributed by atoms with E-state index in [1.54, 1.807) is 6.20 Å². The first-order valence-corrected chi connectivity index (χ1v) is 6.99. The standard InChI is InChI=1S/C11H16BrClN4/c12-8-6-15-10(13)16-9(8)17-11(7-14)4-2-1-3-5-11/h6H,1-5,7,14H2,(H,15,16,17). The van der Waals surface area contributed by atoms with Crippen molar-refractivity contribution in [3.63, 3.8) is 0 Å². The number of hydrogen-bond acceptors (Lipinski definition) is 4. The Balaban J connectivity index is 2.20. The topological polar surface area (TPSA) is 63.8 Å². The number of hydrogen-bond donors (Lipinski definition) is 2. The molecule has 4 nitrogen and oxygen atoms in total. The summed E-state index contributed by atoms with van der Waals surface area (Å²) in [6, 6.07) is 0. The minimum atomic E-state index is -0.0432. The molecule has 0 radical (unpaired) electrons. The Morgan fingerprint density at radius 2 is 2.12 bits per heavy atom. The first-order valence-electron chi connectivity index (χ1n) is 5.81. The van der Waals surface area contributed by atoms with Crippen LogP contribution in [0.1, 0.15) is 32.1 Å². The molecule has 17 heavy (non-hydrogen) atoms. The molecule has 1 aromatic heterocycles. The van der Waals surface area contributed by atoms with E-state index >= 15 is 0 Å². The van der Waals surface area contributed by atoms with Crippen LogP contribution in [0.25, 0.3) is 0 Å². The van der Waals surface area contributed by atoms with Gasteiger partial charge >= 0.3 is 0 Å². The lowest BCUT2D eigenvalue weighted by molar-refractivity contribution is 0.330. The van der Waals surface area contributed by atoms with E-state index in [9.17, 15) is 0 Å². The van der Waals surface area contributed by atoms with Crippen molar-refractivity contribution in [3.05, 3.63) is 16.0 Å². The van der Waals surface area contributed by atoms with Gasteiger partial charge in [-0.1, -0.05) is 19.3 Å². The number of anilines is 1. The molecule has 1 heterocycles. The second-order valence-corrected chi connectivity index (χ2v) is 5.70. The van der Waals surface area contributed by atoms with Gasteiger partial charge in [0.2, 0.25) is 5.28 Å². The van der Waals surface area contributed by atoms with Crippen LogP contribution >= 0.6 is 27.5 Å². The summed E-state index contributed by atoms with van der Waals surface area (Å²) in [5.74, 6) is 0.734. The van der Waals surface area contributed by atoms with Gasteiger partial charge in [0, 0.05) is 12.7 Å². The average molecular weight is 320 g/mol. The van der Waals surface area contributed by atoms with Crippen LogP contribution in [0.4, 0.5) is 5.82 Å². The minimum absolute atomic E-state index is 0.0432. The summed E-state index contributed by atoms with van der Waals surface area (Å²) < 4.78 is 0.820. The van der Waals surface area contributed by atoms with Crippen LogP contribution in [-0.2, 0) is 0 Å². The molecule has 1 aromatic rings. The molecule has 0 aromatic carbocycles. The van der Waals surface area contributed by atoms with E-state index in [1.165, 1.54) is 19.3 Å². The summed E-state index contributed by atoms with van der Waals surface area (Å²) in [7, 11) is 0. The van der Waals surface area contributed by atoms with Gasteiger partial charge in [-0.2, -0.15) is 4.98 Å². The first kappa shape index (κ1) is 13.1. The molecule has 0 saturated heterocycles. The Labute approximate surface area is 114 Å². The van der Waals surface area contributed by atoms with Crippen molar-refractivity contribution in [3.8, 4) is 0 Å². The molecule has 6 heteroatoms. The fraction of sp³-hybridized carbons (Fsp3) is 0.636. The van der Waals surface area contributed by atoms with Crippen molar-refractivity contribution in [1.29, 1.82) is 0 Å². The van der Waals surface area contributed by atoms with E-state index in [0.29, 0.717) is 6.54 Å². The van der Waals surface area contributed by atoms with Crippen molar-refractivity contribution >= 4 is 33.3 Å². The highest BCUT2D eigenvalue weighted by Gasteiger charge is 2.31. The molecule has 94 valence electrons. The third kappa shape index (κ3) is 3.09. The monoisotopic (exact) mass is 318 g/mol. The van der Waals surface area contributed by atoms with Crippen molar-refractivity contribution in [2.45, 2.75) is 37.6 Å². The van der Waals surface area contributed by atoms with Crippen LogP contribution < -0.4 is 11.1 Å². The quantitative estimate of drug-likeness (QED) is 0.841. The van der Waals surface area contributed by atoms with Crippen molar-refractivity contribution < 1.29 is 0 Å². The number of nitrogens with one attached hydrogen (secondary N) is 1. The predicted molar refractivity (Wildman–Crippen MR) is 73.2 cm³/mol. The lowest BCUT2D eigenvalue weighted by Crippen LogP contribution is -2.47. The molecule has 2 rings (SSSR count). The van der Waals surface area contributed by atoms with Crippen LogP contribution in [0, 0.1) is 0 Å². The third-order valence-electron chi connectivity index (χ3n) is 3.30. The number of rotatable bonds is 3. The number of nitrogens with two attached hydrogens (primary N) is 1. The van der Waals surface area contributed by atoms with Gasteiger partial charge in [0.15, 0.2) is 0 Å². The molecular formula is C11H16BrClN4. The van der Waals surface area contributed by atoms with Crippen LogP contribution in [0.3, 0.4) is 0 Å². The van der Waals surface area contributed by atoms with Crippen LogP contribution in [0.5, 0.6) is 0 Å². The highest BCUT2D eigenvalue weighted by Crippen LogP contribution is 2.32. The third-order valence-corrected chi connectivity index (χ3v) is 4.06. The van der Waals surface area contributed by atoms with Gasteiger partial charge in [-0.15, -0.1) is 0 Å². The molecule has 0 bridgehead atoms. The van der Waals surface area contributed by atoms with Crippen LogP contribution in [0.2, 0.25) is 5.28 Å². The summed E-state index contributed by atoms with van der Waals surface area (Å²) in [5.41, 5.74) is 5.88. The predicted octanol–water partition coefficient (Wildman–Crippen LogP) is 2.97. The zero-order valence-corrected chi connectivity index (χ0v) is 11.9.